The highest BCUT2D eigenvalue weighted by molar-refractivity contribution is 7.98. The number of benzene rings is 1. The summed E-state index contributed by atoms with van der Waals surface area (Å²) in [4.78, 5) is 28.0. The first kappa shape index (κ1) is 18.1. The molecule has 0 aliphatic heterocycles. The van der Waals surface area contributed by atoms with Crippen molar-refractivity contribution in [2.24, 2.45) is 0 Å². The van der Waals surface area contributed by atoms with E-state index in [0.29, 0.717) is 27.0 Å². The van der Waals surface area contributed by atoms with E-state index in [9.17, 15) is 9.59 Å². The molecule has 126 valence electrons. The van der Waals surface area contributed by atoms with Crippen molar-refractivity contribution in [2.75, 3.05) is 25.3 Å². The lowest BCUT2D eigenvalue weighted by Gasteiger charge is -2.09. The number of ether oxygens (including phenoxy) is 2. The summed E-state index contributed by atoms with van der Waals surface area (Å²) in [6.07, 6.45) is 3.39. The van der Waals surface area contributed by atoms with E-state index in [0.717, 1.165) is 0 Å². The van der Waals surface area contributed by atoms with Crippen LogP contribution in [0.5, 0.6) is 5.75 Å². The molecule has 0 aliphatic carbocycles. The van der Waals surface area contributed by atoms with Gasteiger partial charge in [0.05, 0.1) is 17.7 Å². The molecule has 0 atom stereocenters. The van der Waals surface area contributed by atoms with Gasteiger partial charge in [-0.05, 0) is 36.6 Å². The van der Waals surface area contributed by atoms with Gasteiger partial charge in [-0.15, -0.1) is 11.8 Å². The van der Waals surface area contributed by atoms with Crippen LogP contribution in [0.1, 0.15) is 10.4 Å². The van der Waals surface area contributed by atoms with E-state index in [4.69, 9.17) is 21.1 Å². The van der Waals surface area contributed by atoms with Gasteiger partial charge in [-0.1, -0.05) is 11.6 Å². The van der Waals surface area contributed by atoms with E-state index >= 15 is 0 Å². The molecule has 1 amide bonds. The maximum atomic E-state index is 12.0. The molecule has 0 fully saturated rings. The molecule has 0 spiro atoms. The minimum atomic E-state index is -0.602. The Kier molecular flexibility index (Phi) is 6.45. The SMILES string of the molecule is COc1ccc(NC(=O)COC(=O)c2cccnc2SC)cc1Cl. The van der Waals surface area contributed by atoms with E-state index < -0.39 is 18.5 Å². The van der Waals surface area contributed by atoms with Crippen LogP contribution in [-0.2, 0) is 9.53 Å². The number of esters is 1. The van der Waals surface area contributed by atoms with Crippen LogP contribution in [0.3, 0.4) is 0 Å². The van der Waals surface area contributed by atoms with Crippen LogP contribution in [0.15, 0.2) is 41.6 Å². The Balaban J connectivity index is 1.93. The van der Waals surface area contributed by atoms with Crippen molar-refractivity contribution in [1.29, 1.82) is 0 Å². The molecule has 0 saturated carbocycles. The normalized spacial score (nSPS) is 10.1. The molecule has 2 rings (SSSR count). The number of thioether (sulfide) groups is 1. The van der Waals surface area contributed by atoms with Gasteiger partial charge in [-0.2, -0.15) is 0 Å². The number of amides is 1. The van der Waals surface area contributed by atoms with E-state index in [-0.39, 0.29) is 0 Å². The van der Waals surface area contributed by atoms with Crippen LogP contribution in [0.2, 0.25) is 5.02 Å². The molecule has 1 N–H and O–H groups in total. The molecule has 1 heterocycles. The van der Waals surface area contributed by atoms with Crippen molar-refractivity contribution < 1.29 is 19.1 Å². The number of nitrogens with zero attached hydrogens (tertiary/aromatic N) is 1. The first-order chi connectivity index (χ1) is 11.5. The first-order valence-corrected chi connectivity index (χ1v) is 8.45. The van der Waals surface area contributed by atoms with Gasteiger partial charge in [-0.25, -0.2) is 9.78 Å². The zero-order chi connectivity index (χ0) is 17.5. The summed E-state index contributed by atoms with van der Waals surface area (Å²) in [5, 5.41) is 3.51. The summed E-state index contributed by atoms with van der Waals surface area (Å²) in [5.74, 6) is -0.572. The van der Waals surface area contributed by atoms with Gasteiger partial charge in [0, 0.05) is 11.9 Å². The van der Waals surface area contributed by atoms with Crippen LogP contribution in [0.4, 0.5) is 5.69 Å². The van der Waals surface area contributed by atoms with Gasteiger partial charge in [0.15, 0.2) is 6.61 Å². The second kappa shape index (κ2) is 8.56. The molecule has 1 aromatic heterocycles. The summed E-state index contributed by atoms with van der Waals surface area (Å²) >= 11 is 7.31. The summed E-state index contributed by atoms with van der Waals surface area (Å²) in [6.45, 7) is -0.412. The third kappa shape index (κ3) is 4.62. The highest BCUT2D eigenvalue weighted by Crippen LogP contribution is 2.27. The molecule has 0 bridgehead atoms. The number of nitrogens with one attached hydrogen (secondary N) is 1. The lowest BCUT2D eigenvalue weighted by molar-refractivity contribution is -0.119. The number of anilines is 1. The average molecular weight is 367 g/mol. The number of halogens is 1. The Labute approximate surface area is 148 Å². The van der Waals surface area contributed by atoms with Crippen molar-refractivity contribution in [3.8, 4) is 5.75 Å². The Morgan fingerprint density at radius 2 is 2.12 bits per heavy atom. The highest BCUT2D eigenvalue weighted by Gasteiger charge is 2.15. The maximum absolute atomic E-state index is 12.0. The van der Waals surface area contributed by atoms with Crippen LogP contribution in [-0.4, -0.2) is 36.8 Å². The van der Waals surface area contributed by atoms with E-state index in [1.165, 1.54) is 18.9 Å². The number of methoxy groups -OCH3 is 1. The van der Waals surface area contributed by atoms with Crippen LogP contribution >= 0.6 is 23.4 Å². The lowest BCUT2D eigenvalue weighted by Crippen LogP contribution is -2.21. The topological polar surface area (TPSA) is 77.5 Å². The number of rotatable bonds is 6. The van der Waals surface area contributed by atoms with Gasteiger partial charge in [0.1, 0.15) is 10.8 Å². The zero-order valence-electron chi connectivity index (χ0n) is 13.0. The molecule has 0 aliphatic rings. The number of carbonyl (C=O) groups is 2. The molecule has 24 heavy (non-hydrogen) atoms. The van der Waals surface area contributed by atoms with Crippen molar-refractivity contribution in [2.45, 2.75) is 5.03 Å². The first-order valence-electron chi connectivity index (χ1n) is 6.84. The van der Waals surface area contributed by atoms with Crippen LogP contribution < -0.4 is 10.1 Å². The summed E-state index contributed by atoms with van der Waals surface area (Å²) < 4.78 is 10.1. The number of hydrogen-bond acceptors (Lipinski definition) is 6. The van der Waals surface area contributed by atoms with Crippen molar-refractivity contribution in [3.05, 3.63) is 47.1 Å². The van der Waals surface area contributed by atoms with Gasteiger partial charge in [-0.3, -0.25) is 4.79 Å². The largest absolute Gasteiger partial charge is 0.495 e. The van der Waals surface area contributed by atoms with E-state index in [1.54, 1.807) is 42.8 Å². The second-order valence-electron chi connectivity index (χ2n) is 4.53. The van der Waals surface area contributed by atoms with Crippen molar-refractivity contribution in [3.63, 3.8) is 0 Å². The van der Waals surface area contributed by atoms with Gasteiger partial charge in [0.25, 0.3) is 5.91 Å². The third-order valence-corrected chi connectivity index (χ3v) is 3.96. The lowest BCUT2D eigenvalue weighted by atomic mass is 10.3. The molecule has 0 saturated heterocycles. The maximum Gasteiger partial charge on any atom is 0.341 e. The molecule has 2 aromatic rings. The Morgan fingerprint density at radius 3 is 2.79 bits per heavy atom. The molecule has 1 aromatic carbocycles. The third-order valence-electron chi connectivity index (χ3n) is 2.95. The summed E-state index contributed by atoms with van der Waals surface area (Å²) in [6, 6.07) is 8.05. The molecule has 0 radical (unpaired) electrons. The van der Waals surface area contributed by atoms with Crippen molar-refractivity contribution >= 4 is 40.9 Å². The minimum absolute atomic E-state index is 0.324. The van der Waals surface area contributed by atoms with E-state index in [2.05, 4.69) is 10.3 Å². The number of pyridine rings is 1. The van der Waals surface area contributed by atoms with Gasteiger partial charge < -0.3 is 14.8 Å². The number of hydrogen-bond donors (Lipinski definition) is 1. The standard InChI is InChI=1S/C16H15ClN2O4S/c1-22-13-6-5-10(8-12(13)17)19-14(20)9-23-16(21)11-4-3-7-18-15(11)24-2/h3-8H,9H2,1-2H3,(H,19,20). The predicted molar refractivity (Wildman–Crippen MR) is 92.9 cm³/mol. The molecule has 0 unspecified atom stereocenters. The smallest absolute Gasteiger partial charge is 0.341 e. The van der Waals surface area contributed by atoms with Crippen molar-refractivity contribution in [1.82, 2.24) is 4.98 Å². The van der Waals surface area contributed by atoms with E-state index in [1.807, 2.05) is 0 Å². The Bertz CT molecular complexity index is 755. The quantitative estimate of drug-likeness (QED) is 0.624. The zero-order valence-corrected chi connectivity index (χ0v) is 14.6. The fourth-order valence-corrected chi connectivity index (χ4v) is 2.65. The highest BCUT2D eigenvalue weighted by atomic mass is 35.5. The summed E-state index contributed by atoms with van der Waals surface area (Å²) in [5.41, 5.74) is 0.804. The predicted octanol–water partition coefficient (Wildman–Crippen LogP) is 3.26. The monoisotopic (exact) mass is 366 g/mol. The number of carbonyl (C=O) groups excluding carboxylic acids is 2. The molecular formula is C16H15ClN2O4S. The van der Waals surface area contributed by atoms with Gasteiger partial charge in [0.2, 0.25) is 0 Å². The molecular weight excluding hydrogens is 352 g/mol. The molecule has 6 nitrogen and oxygen atoms in total. The minimum Gasteiger partial charge on any atom is -0.495 e. The summed E-state index contributed by atoms with van der Waals surface area (Å²) in [7, 11) is 1.50. The fourth-order valence-electron chi connectivity index (χ4n) is 1.86. The molecule has 8 heteroatoms. The Morgan fingerprint density at radius 1 is 1.33 bits per heavy atom. The van der Waals surface area contributed by atoms with Crippen LogP contribution in [0, 0.1) is 0 Å². The van der Waals surface area contributed by atoms with Crippen LogP contribution in [0.25, 0.3) is 0 Å². The fraction of sp³-hybridized carbons (Fsp3) is 0.188. The second-order valence-corrected chi connectivity index (χ2v) is 5.74. The number of aromatic nitrogens is 1. The average Bonchev–Trinajstić information content (AvgIpc) is 2.59. The Hall–Kier alpha value is -2.25. The van der Waals surface area contributed by atoms with Gasteiger partial charge >= 0.3 is 5.97 Å².